The van der Waals surface area contributed by atoms with Gasteiger partial charge in [0, 0.05) is 5.41 Å². The predicted octanol–water partition coefficient (Wildman–Crippen LogP) is 4.38. The van der Waals surface area contributed by atoms with Crippen LogP contribution in [0, 0.1) is 23.2 Å². The molecule has 0 radical (unpaired) electrons. The predicted molar refractivity (Wildman–Crippen MR) is 153 cm³/mol. The number of hydrogen-bond donors (Lipinski definition) is 2. The van der Waals surface area contributed by atoms with Gasteiger partial charge in [0.15, 0.2) is 5.60 Å². The normalized spacial score (nSPS) is 24.4. The van der Waals surface area contributed by atoms with Gasteiger partial charge < -0.3 is 24.4 Å². The maximum absolute atomic E-state index is 12.7. The van der Waals surface area contributed by atoms with Crippen molar-refractivity contribution < 1.29 is 24.4 Å². The van der Waals surface area contributed by atoms with Crippen molar-refractivity contribution in [2.24, 2.45) is 23.2 Å². The molecule has 1 aromatic heterocycles. The van der Waals surface area contributed by atoms with Gasteiger partial charge in [-0.25, -0.2) is 4.68 Å². The zero-order chi connectivity index (χ0) is 28.3. The Morgan fingerprint density at radius 1 is 1.08 bits per heavy atom. The summed E-state index contributed by atoms with van der Waals surface area (Å²) in [6.07, 6.45) is 19.4. The van der Waals surface area contributed by atoms with Crippen LogP contribution in [0.4, 0.5) is 0 Å². The molecule has 1 fully saturated rings. The third-order valence-electron chi connectivity index (χ3n) is 7.48. The Morgan fingerprint density at radius 3 is 2.38 bits per heavy atom. The van der Waals surface area contributed by atoms with Gasteiger partial charge in [-0.05, 0) is 42.2 Å². The Labute approximate surface area is 233 Å². The topological polar surface area (TPSA) is 98.9 Å². The molecule has 3 atom stereocenters. The molecule has 2 N–H and O–H groups in total. The first-order valence-corrected chi connectivity index (χ1v) is 14.1. The number of allylic oxidation sites excluding steroid dienone is 7. The van der Waals surface area contributed by atoms with Crippen molar-refractivity contribution in [2.75, 3.05) is 46.2 Å². The molecule has 8 heteroatoms. The second-order valence-electron chi connectivity index (χ2n) is 11.1. The van der Waals surface area contributed by atoms with Crippen molar-refractivity contribution >= 4 is 0 Å². The van der Waals surface area contributed by atoms with E-state index in [-0.39, 0.29) is 17.9 Å². The average molecular weight is 542 g/mol. The first-order chi connectivity index (χ1) is 18.7. The van der Waals surface area contributed by atoms with Gasteiger partial charge in [-0.15, -0.1) is 5.10 Å². The molecule has 1 saturated carbocycles. The SMILES string of the molecule is C/C=C\C=C(/C1C(C)CC1C)C(O)(C1=CC=CC(C)(C)C=C1)c1cn(CCOCCOCCOCCO)nn1. The van der Waals surface area contributed by atoms with E-state index in [9.17, 15) is 5.11 Å². The number of aromatic nitrogens is 3. The van der Waals surface area contributed by atoms with Gasteiger partial charge in [-0.2, -0.15) is 0 Å². The third kappa shape index (κ3) is 8.32. The summed E-state index contributed by atoms with van der Waals surface area (Å²) in [6, 6.07) is 0. The van der Waals surface area contributed by atoms with E-state index >= 15 is 0 Å². The van der Waals surface area contributed by atoms with Crippen LogP contribution in [0.2, 0.25) is 0 Å². The fraction of sp³-hybridized carbons (Fsp3) is 0.613. The quantitative estimate of drug-likeness (QED) is 0.237. The first-order valence-electron chi connectivity index (χ1n) is 14.1. The molecule has 1 aromatic rings. The highest BCUT2D eigenvalue weighted by atomic mass is 16.5. The second kappa shape index (κ2) is 14.9. The van der Waals surface area contributed by atoms with Crippen molar-refractivity contribution in [1.29, 1.82) is 0 Å². The van der Waals surface area contributed by atoms with Crippen LogP contribution in [-0.4, -0.2) is 71.5 Å². The number of ether oxygens (including phenoxy) is 3. The minimum atomic E-state index is -1.42. The molecule has 2 aliphatic carbocycles. The number of hydrogen-bond acceptors (Lipinski definition) is 7. The lowest BCUT2D eigenvalue weighted by Crippen LogP contribution is -2.43. The number of rotatable bonds is 16. The molecule has 216 valence electrons. The summed E-state index contributed by atoms with van der Waals surface area (Å²) < 4.78 is 18.0. The van der Waals surface area contributed by atoms with Gasteiger partial charge >= 0.3 is 0 Å². The van der Waals surface area contributed by atoms with Crippen LogP contribution in [0.25, 0.3) is 0 Å². The van der Waals surface area contributed by atoms with Gasteiger partial charge in [-0.3, -0.25) is 0 Å². The van der Waals surface area contributed by atoms with Gasteiger partial charge in [-0.1, -0.05) is 81.5 Å². The summed E-state index contributed by atoms with van der Waals surface area (Å²) in [6.45, 7) is 13.9. The lowest BCUT2D eigenvalue weighted by Gasteiger charge is -2.47. The smallest absolute Gasteiger partial charge is 0.157 e. The molecule has 2 aliphatic rings. The van der Waals surface area contributed by atoms with Crippen molar-refractivity contribution in [2.45, 2.75) is 53.2 Å². The van der Waals surface area contributed by atoms with Crippen LogP contribution in [-0.2, 0) is 26.4 Å². The number of aliphatic hydroxyl groups is 2. The third-order valence-corrected chi connectivity index (χ3v) is 7.48. The van der Waals surface area contributed by atoms with Crippen LogP contribution in [0.3, 0.4) is 0 Å². The minimum Gasteiger partial charge on any atom is -0.394 e. The molecular weight excluding hydrogens is 494 g/mol. The largest absolute Gasteiger partial charge is 0.394 e. The van der Waals surface area contributed by atoms with E-state index < -0.39 is 5.60 Å². The number of aliphatic hydroxyl groups excluding tert-OH is 1. The summed E-state index contributed by atoms with van der Waals surface area (Å²) in [7, 11) is 0. The molecule has 0 amide bonds. The van der Waals surface area contributed by atoms with Gasteiger partial charge in [0.25, 0.3) is 0 Å². The maximum Gasteiger partial charge on any atom is 0.157 e. The van der Waals surface area contributed by atoms with Gasteiger partial charge in [0.2, 0.25) is 0 Å². The van der Waals surface area contributed by atoms with E-state index in [0.717, 1.165) is 17.6 Å². The molecule has 8 nitrogen and oxygen atoms in total. The Kier molecular flexibility index (Phi) is 11.9. The molecular formula is C31H47N3O5. The zero-order valence-electron chi connectivity index (χ0n) is 24.3. The highest BCUT2D eigenvalue weighted by Crippen LogP contribution is 2.52. The zero-order valence-corrected chi connectivity index (χ0v) is 24.3. The van der Waals surface area contributed by atoms with Crippen molar-refractivity contribution in [3.05, 3.63) is 71.6 Å². The monoisotopic (exact) mass is 541 g/mol. The van der Waals surface area contributed by atoms with Crippen LogP contribution in [0.5, 0.6) is 0 Å². The van der Waals surface area contributed by atoms with Gasteiger partial charge in [0.1, 0.15) is 5.69 Å². The minimum absolute atomic E-state index is 0.0141. The summed E-state index contributed by atoms with van der Waals surface area (Å²) in [5.41, 5.74) is 0.724. The Morgan fingerprint density at radius 2 is 1.74 bits per heavy atom. The van der Waals surface area contributed by atoms with Gasteiger partial charge in [0.05, 0.1) is 59.0 Å². The number of nitrogens with zero attached hydrogens (tertiary/aromatic N) is 3. The van der Waals surface area contributed by atoms with Crippen molar-refractivity contribution in [3.8, 4) is 0 Å². The molecule has 0 saturated heterocycles. The van der Waals surface area contributed by atoms with Crippen LogP contribution < -0.4 is 0 Å². The Balaban J connectivity index is 1.76. The molecule has 3 rings (SSSR count). The van der Waals surface area contributed by atoms with E-state index in [1.54, 1.807) is 4.68 Å². The van der Waals surface area contributed by atoms with E-state index in [2.05, 4.69) is 56.2 Å². The fourth-order valence-corrected chi connectivity index (χ4v) is 5.39. The summed E-state index contributed by atoms with van der Waals surface area (Å²) in [5, 5.41) is 30.2. The molecule has 0 bridgehead atoms. The highest BCUT2D eigenvalue weighted by Gasteiger charge is 2.48. The van der Waals surface area contributed by atoms with Crippen LogP contribution in [0.1, 0.15) is 46.7 Å². The second-order valence-corrected chi connectivity index (χ2v) is 11.1. The van der Waals surface area contributed by atoms with E-state index in [1.165, 1.54) is 0 Å². The van der Waals surface area contributed by atoms with Crippen molar-refractivity contribution in [1.82, 2.24) is 15.0 Å². The molecule has 0 aromatic carbocycles. The molecule has 1 heterocycles. The van der Waals surface area contributed by atoms with Crippen LogP contribution in [0.15, 0.2) is 66.0 Å². The summed E-state index contributed by atoms with van der Waals surface area (Å²) in [5.74, 6) is 1.18. The lowest BCUT2D eigenvalue weighted by atomic mass is 9.58. The summed E-state index contributed by atoms with van der Waals surface area (Å²) in [4.78, 5) is 0. The fourth-order valence-electron chi connectivity index (χ4n) is 5.39. The molecule has 39 heavy (non-hydrogen) atoms. The Hall–Kier alpha value is -2.36. The molecule has 0 aliphatic heterocycles. The lowest BCUT2D eigenvalue weighted by molar-refractivity contribution is 0.00627. The summed E-state index contributed by atoms with van der Waals surface area (Å²) >= 11 is 0. The van der Waals surface area contributed by atoms with Crippen LogP contribution >= 0.6 is 0 Å². The average Bonchev–Trinajstić information content (AvgIpc) is 3.30. The van der Waals surface area contributed by atoms with E-state index in [1.807, 2.05) is 43.5 Å². The Bertz CT molecular complexity index is 1050. The standard InChI is InChI=1S/C31H47N3O5/c1-6-7-10-27(29-24(2)22-25(29)3)31(36,26-9-8-12-30(4,5)13-11-26)28-23-34(33-32-28)14-16-37-18-20-39-21-19-38-17-15-35/h6-13,23-25,29,35-36H,14-22H2,1-5H3/b7-6-,27-10+. The van der Waals surface area contributed by atoms with Crippen molar-refractivity contribution in [3.63, 3.8) is 0 Å². The first kappa shape index (κ1) is 31.2. The highest BCUT2D eigenvalue weighted by molar-refractivity contribution is 5.49. The van der Waals surface area contributed by atoms with E-state index in [0.29, 0.717) is 63.7 Å². The van der Waals surface area contributed by atoms with E-state index in [4.69, 9.17) is 19.3 Å². The molecule has 0 spiro atoms. The maximum atomic E-state index is 12.7. The molecule has 3 unspecified atom stereocenters.